The normalized spacial score (nSPS) is 12.9. The molecule has 158 valence electrons. The Balaban J connectivity index is 2.24. The summed E-state index contributed by atoms with van der Waals surface area (Å²) < 4.78 is 16.0. The number of benzene rings is 2. The maximum absolute atomic E-state index is 14.3. The second kappa shape index (κ2) is 8.20. The van der Waals surface area contributed by atoms with Gasteiger partial charge < -0.3 is 14.8 Å². The summed E-state index contributed by atoms with van der Waals surface area (Å²) in [6.45, 7) is 5.49. The number of hydrogen-bond acceptors (Lipinski definition) is 3. The largest absolute Gasteiger partial charge is 0.477 e. The first-order valence-corrected chi connectivity index (χ1v) is 9.91. The summed E-state index contributed by atoms with van der Waals surface area (Å²) in [5.74, 6) is -2.05. The summed E-state index contributed by atoms with van der Waals surface area (Å²) >= 11 is 5.86. The molecule has 1 atom stereocenters. The molecule has 0 radical (unpaired) electrons. The van der Waals surface area contributed by atoms with Gasteiger partial charge in [-0.25, -0.2) is 9.18 Å². The highest BCUT2D eigenvalue weighted by Crippen LogP contribution is 2.30. The number of pyridine rings is 1. The third kappa shape index (κ3) is 3.85. The zero-order valence-corrected chi connectivity index (χ0v) is 17.7. The van der Waals surface area contributed by atoms with E-state index in [-0.39, 0.29) is 34.9 Å². The fraction of sp³-hybridized carbons (Fsp3) is 0.304. The third-order valence-electron chi connectivity index (χ3n) is 5.83. The fourth-order valence-corrected chi connectivity index (χ4v) is 3.68. The fourth-order valence-electron chi connectivity index (χ4n) is 3.48. The van der Waals surface area contributed by atoms with E-state index < -0.39 is 22.8 Å². The molecular weight excluding hydrogens is 409 g/mol. The van der Waals surface area contributed by atoms with Crippen LogP contribution in [0.5, 0.6) is 0 Å². The smallest absolute Gasteiger partial charge is 0.341 e. The molecule has 3 aromatic rings. The topological polar surface area (TPSA) is 79.5 Å². The molecule has 0 amide bonds. The second-order valence-electron chi connectivity index (χ2n) is 8.03. The number of aliphatic hydroxyl groups excluding tert-OH is 1. The number of carbonyl (C=O) groups is 1. The molecule has 2 aromatic carbocycles. The van der Waals surface area contributed by atoms with Crippen molar-refractivity contribution in [1.82, 2.24) is 4.57 Å². The van der Waals surface area contributed by atoms with Gasteiger partial charge >= 0.3 is 5.97 Å². The molecule has 7 heteroatoms. The first kappa shape index (κ1) is 22.0. The number of rotatable bonds is 6. The lowest BCUT2D eigenvalue weighted by atomic mass is 9.88. The van der Waals surface area contributed by atoms with E-state index in [0.717, 1.165) is 0 Å². The maximum atomic E-state index is 14.3. The molecule has 30 heavy (non-hydrogen) atoms. The maximum Gasteiger partial charge on any atom is 0.341 e. The summed E-state index contributed by atoms with van der Waals surface area (Å²) in [6.07, 6.45) is 1.53. The lowest BCUT2D eigenvalue weighted by Gasteiger charge is -2.35. The number of hydrogen-bond donors (Lipinski definition) is 2. The van der Waals surface area contributed by atoms with Gasteiger partial charge in [-0.05, 0) is 43.2 Å². The van der Waals surface area contributed by atoms with Gasteiger partial charge in [0.1, 0.15) is 11.4 Å². The highest BCUT2D eigenvalue weighted by atomic mass is 35.5. The minimum Gasteiger partial charge on any atom is -0.477 e. The van der Waals surface area contributed by atoms with Crippen LogP contribution < -0.4 is 5.43 Å². The summed E-state index contributed by atoms with van der Waals surface area (Å²) in [5.41, 5.74) is -0.0356. The van der Waals surface area contributed by atoms with Crippen LogP contribution in [0.4, 0.5) is 4.39 Å². The van der Waals surface area contributed by atoms with Crippen LogP contribution in [0.25, 0.3) is 10.9 Å². The van der Waals surface area contributed by atoms with Crippen LogP contribution >= 0.6 is 11.6 Å². The van der Waals surface area contributed by atoms with Crippen molar-refractivity contribution >= 4 is 28.5 Å². The molecule has 0 fully saturated rings. The lowest BCUT2D eigenvalue weighted by Crippen LogP contribution is -2.37. The van der Waals surface area contributed by atoms with Gasteiger partial charge in [0.25, 0.3) is 0 Å². The SMILES string of the molecule is C[C@H](CO)C(C)(C)n1cc(C(=O)O)c(=O)c2cc(Cc3cccc(Cl)c3F)ccc21. The van der Waals surface area contributed by atoms with Gasteiger partial charge in [0.2, 0.25) is 5.43 Å². The molecule has 0 bridgehead atoms. The number of nitrogens with zero attached hydrogens (tertiary/aromatic N) is 1. The third-order valence-corrected chi connectivity index (χ3v) is 6.12. The number of fused-ring (bicyclic) bond motifs is 1. The Labute approximate surface area is 178 Å². The molecule has 3 rings (SSSR count). The van der Waals surface area contributed by atoms with Gasteiger partial charge in [-0.2, -0.15) is 0 Å². The van der Waals surface area contributed by atoms with Gasteiger partial charge in [-0.3, -0.25) is 4.79 Å². The van der Waals surface area contributed by atoms with Crippen LogP contribution in [-0.2, 0) is 12.0 Å². The zero-order valence-electron chi connectivity index (χ0n) is 16.9. The van der Waals surface area contributed by atoms with E-state index in [2.05, 4.69) is 0 Å². The van der Waals surface area contributed by atoms with E-state index in [4.69, 9.17) is 11.6 Å². The number of aromatic nitrogens is 1. The molecule has 0 saturated heterocycles. The Morgan fingerprint density at radius 3 is 2.60 bits per heavy atom. The van der Waals surface area contributed by atoms with Gasteiger partial charge in [-0.15, -0.1) is 0 Å². The van der Waals surface area contributed by atoms with Crippen molar-refractivity contribution in [2.24, 2.45) is 5.92 Å². The van der Waals surface area contributed by atoms with E-state index in [1.807, 2.05) is 20.8 Å². The highest BCUT2D eigenvalue weighted by Gasteiger charge is 2.30. The number of carboxylic acids is 1. The molecule has 1 heterocycles. The van der Waals surface area contributed by atoms with Crippen molar-refractivity contribution in [2.45, 2.75) is 32.7 Å². The zero-order chi connectivity index (χ0) is 22.2. The van der Waals surface area contributed by atoms with Gasteiger partial charge in [0.15, 0.2) is 0 Å². The summed E-state index contributed by atoms with van der Waals surface area (Å²) in [4.78, 5) is 24.6. The monoisotopic (exact) mass is 431 g/mol. The number of aliphatic hydroxyl groups is 1. The average Bonchev–Trinajstić information content (AvgIpc) is 2.70. The van der Waals surface area contributed by atoms with Crippen LogP contribution in [0.3, 0.4) is 0 Å². The summed E-state index contributed by atoms with van der Waals surface area (Å²) in [5, 5.41) is 19.5. The van der Waals surface area contributed by atoms with Crippen LogP contribution in [0, 0.1) is 11.7 Å². The molecule has 2 N–H and O–H groups in total. The Morgan fingerprint density at radius 1 is 1.27 bits per heavy atom. The second-order valence-corrected chi connectivity index (χ2v) is 8.43. The quantitative estimate of drug-likeness (QED) is 0.604. The van der Waals surface area contributed by atoms with Crippen molar-refractivity contribution in [3.05, 3.63) is 80.3 Å². The van der Waals surface area contributed by atoms with Gasteiger partial charge in [0.05, 0.1) is 10.5 Å². The van der Waals surface area contributed by atoms with E-state index in [1.54, 1.807) is 34.9 Å². The molecular formula is C23H23ClFNO4. The first-order valence-electron chi connectivity index (χ1n) is 9.53. The molecule has 5 nitrogen and oxygen atoms in total. The van der Waals surface area contributed by atoms with Crippen molar-refractivity contribution in [3.8, 4) is 0 Å². The molecule has 0 aliphatic carbocycles. The predicted octanol–water partition coefficient (Wildman–Crippen LogP) is 4.45. The van der Waals surface area contributed by atoms with Crippen molar-refractivity contribution < 1.29 is 19.4 Å². The van der Waals surface area contributed by atoms with E-state index in [1.165, 1.54) is 12.3 Å². The van der Waals surface area contributed by atoms with Crippen LogP contribution in [0.15, 0.2) is 47.4 Å². The minimum absolute atomic E-state index is 0.0172. The Hall–Kier alpha value is -2.70. The molecule has 0 aliphatic rings. The highest BCUT2D eigenvalue weighted by molar-refractivity contribution is 6.30. The molecule has 0 unspecified atom stereocenters. The Morgan fingerprint density at radius 2 is 1.97 bits per heavy atom. The van der Waals surface area contributed by atoms with Crippen molar-refractivity contribution in [2.75, 3.05) is 6.61 Å². The van der Waals surface area contributed by atoms with Crippen LogP contribution in [-0.4, -0.2) is 27.4 Å². The Bertz CT molecular complexity index is 1190. The van der Waals surface area contributed by atoms with E-state index >= 15 is 0 Å². The van der Waals surface area contributed by atoms with Crippen molar-refractivity contribution in [1.29, 1.82) is 0 Å². The van der Waals surface area contributed by atoms with Crippen LogP contribution in [0.1, 0.15) is 42.3 Å². The predicted molar refractivity (Wildman–Crippen MR) is 115 cm³/mol. The standard InChI is InChI=1S/C23H23ClFNO4/c1-13(12-27)23(2,3)26-11-17(22(29)30)21(28)16-10-14(7-8-19(16)26)9-15-5-4-6-18(24)20(15)25/h4-8,10-11,13,27H,9,12H2,1-3H3,(H,29,30)/t13-/m1/s1. The minimum atomic E-state index is -1.32. The molecule has 0 spiro atoms. The van der Waals surface area contributed by atoms with Crippen LogP contribution in [0.2, 0.25) is 5.02 Å². The van der Waals surface area contributed by atoms with Gasteiger partial charge in [0, 0.05) is 36.1 Å². The van der Waals surface area contributed by atoms with E-state index in [0.29, 0.717) is 16.6 Å². The number of halogens is 2. The summed E-state index contributed by atoms with van der Waals surface area (Å²) in [7, 11) is 0. The number of aromatic carboxylic acids is 1. The first-order chi connectivity index (χ1) is 14.1. The average molecular weight is 432 g/mol. The summed E-state index contributed by atoms with van der Waals surface area (Å²) in [6, 6.07) is 9.83. The van der Waals surface area contributed by atoms with E-state index in [9.17, 15) is 24.2 Å². The number of carboxylic acid groups (broad SMARTS) is 1. The lowest BCUT2D eigenvalue weighted by molar-refractivity contribution is 0.0693. The Kier molecular flexibility index (Phi) is 6.01. The molecule has 1 aromatic heterocycles. The van der Waals surface area contributed by atoms with Crippen molar-refractivity contribution in [3.63, 3.8) is 0 Å². The van der Waals surface area contributed by atoms with Gasteiger partial charge in [-0.1, -0.05) is 36.7 Å². The molecule has 0 saturated carbocycles. The molecule has 0 aliphatic heterocycles.